The van der Waals surface area contributed by atoms with Crippen LogP contribution in [0.1, 0.15) is 29.5 Å². The Balaban J connectivity index is 1.46. The highest BCUT2D eigenvalue weighted by atomic mass is 16.2. The van der Waals surface area contributed by atoms with Crippen molar-refractivity contribution in [2.45, 2.75) is 33.4 Å². The lowest BCUT2D eigenvalue weighted by molar-refractivity contribution is 0.0779. The largest absolute Gasteiger partial charge is 0.337 e. The van der Waals surface area contributed by atoms with Gasteiger partial charge in [0.05, 0.1) is 0 Å². The Kier molecular flexibility index (Phi) is 4.75. The molecule has 4 rings (SSSR count). The third kappa shape index (κ3) is 3.49. The predicted octanol–water partition coefficient (Wildman–Crippen LogP) is 2.63. The molecule has 0 spiro atoms. The number of imidazole rings is 1. The molecule has 3 aromatic rings. The van der Waals surface area contributed by atoms with E-state index >= 15 is 0 Å². The minimum atomic E-state index is 0.0291. The van der Waals surface area contributed by atoms with Crippen LogP contribution in [0, 0.1) is 12.8 Å². The molecule has 7 nitrogen and oxygen atoms in total. The number of carbonyl (C=O) groups is 1. The SMILES string of the molecule is CCn1ccc(C(=O)N2CCC(Cn3c(C)cnc3-c3ccncc3)C2)n1. The van der Waals surface area contributed by atoms with E-state index in [0.717, 1.165) is 49.7 Å². The van der Waals surface area contributed by atoms with Crippen molar-refractivity contribution >= 4 is 5.91 Å². The molecule has 1 amide bonds. The normalized spacial score (nSPS) is 16.8. The Hall–Kier alpha value is -2.96. The molecule has 0 saturated carbocycles. The predicted molar refractivity (Wildman–Crippen MR) is 102 cm³/mol. The van der Waals surface area contributed by atoms with Crippen molar-refractivity contribution in [1.29, 1.82) is 0 Å². The molecule has 0 bridgehead atoms. The van der Waals surface area contributed by atoms with Gasteiger partial charge < -0.3 is 9.47 Å². The number of amides is 1. The molecule has 3 aromatic heterocycles. The van der Waals surface area contributed by atoms with Gasteiger partial charge in [-0.05, 0) is 44.4 Å². The van der Waals surface area contributed by atoms with Gasteiger partial charge in [0.2, 0.25) is 0 Å². The van der Waals surface area contributed by atoms with Gasteiger partial charge in [-0.25, -0.2) is 4.98 Å². The minimum absolute atomic E-state index is 0.0291. The van der Waals surface area contributed by atoms with E-state index in [-0.39, 0.29) is 5.91 Å². The molecular weight excluding hydrogens is 340 g/mol. The van der Waals surface area contributed by atoms with E-state index in [1.807, 2.05) is 36.4 Å². The molecule has 140 valence electrons. The number of carbonyl (C=O) groups excluding carboxylic acids is 1. The van der Waals surface area contributed by atoms with E-state index in [4.69, 9.17) is 0 Å². The Labute approximate surface area is 158 Å². The van der Waals surface area contributed by atoms with Crippen molar-refractivity contribution in [2.24, 2.45) is 5.92 Å². The minimum Gasteiger partial charge on any atom is -0.337 e. The number of hydrogen-bond acceptors (Lipinski definition) is 4. The average molecular weight is 364 g/mol. The maximum atomic E-state index is 12.7. The van der Waals surface area contributed by atoms with Crippen LogP contribution in [0.5, 0.6) is 0 Å². The summed E-state index contributed by atoms with van der Waals surface area (Å²) in [5, 5.41) is 4.35. The highest BCUT2D eigenvalue weighted by molar-refractivity contribution is 5.92. The summed E-state index contributed by atoms with van der Waals surface area (Å²) in [7, 11) is 0. The van der Waals surface area contributed by atoms with Crippen LogP contribution in [0.4, 0.5) is 0 Å². The number of hydrogen-bond donors (Lipinski definition) is 0. The zero-order valence-corrected chi connectivity index (χ0v) is 15.7. The molecule has 0 aliphatic carbocycles. The Morgan fingerprint density at radius 3 is 2.81 bits per heavy atom. The second-order valence-corrected chi connectivity index (χ2v) is 7.03. The summed E-state index contributed by atoms with van der Waals surface area (Å²) in [6, 6.07) is 5.76. The molecule has 1 saturated heterocycles. The van der Waals surface area contributed by atoms with E-state index in [1.165, 1.54) is 0 Å². The zero-order valence-electron chi connectivity index (χ0n) is 15.7. The highest BCUT2D eigenvalue weighted by Gasteiger charge is 2.29. The van der Waals surface area contributed by atoms with Gasteiger partial charge in [-0.2, -0.15) is 5.10 Å². The highest BCUT2D eigenvalue weighted by Crippen LogP contribution is 2.25. The van der Waals surface area contributed by atoms with Crippen molar-refractivity contribution in [2.75, 3.05) is 13.1 Å². The second kappa shape index (κ2) is 7.34. The smallest absolute Gasteiger partial charge is 0.274 e. The molecule has 1 unspecified atom stereocenters. The van der Waals surface area contributed by atoms with Crippen molar-refractivity contribution < 1.29 is 4.79 Å². The van der Waals surface area contributed by atoms with Gasteiger partial charge in [-0.15, -0.1) is 0 Å². The molecule has 0 N–H and O–H groups in total. The topological polar surface area (TPSA) is 68.8 Å². The van der Waals surface area contributed by atoms with Crippen LogP contribution in [0.2, 0.25) is 0 Å². The fraction of sp³-hybridized carbons (Fsp3) is 0.400. The third-order valence-electron chi connectivity index (χ3n) is 5.19. The summed E-state index contributed by atoms with van der Waals surface area (Å²) in [5.41, 5.74) is 2.73. The fourth-order valence-electron chi connectivity index (χ4n) is 3.66. The lowest BCUT2D eigenvalue weighted by Crippen LogP contribution is -2.29. The second-order valence-electron chi connectivity index (χ2n) is 7.03. The Bertz CT molecular complexity index is 929. The lowest BCUT2D eigenvalue weighted by atomic mass is 10.1. The van der Waals surface area contributed by atoms with Gasteiger partial charge >= 0.3 is 0 Å². The molecule has 1 aliphatic heterocycles. The molecule has 0 radical (unpaired) electrons. The molecular formula is C20H24N6O. The number of nitrogens with zero attached hydrogens (tertiary/aromatic N) is 6. The van der Waals surface area contributed by atoms with E-state index in [0.29, 0.717) is 11.6 Å². The van der Waals surface area contributed by atoms with Gasteiger partial charge in [0.15, 0.2) is 0 Å². The first-order valence-corrected chi connectivity index (χ1v) is 9.41. The van der Waals surface area contributed by atoms with Crippen LogP contribution < -0.4 is 0 Å². The first-order chi connectivity index (χ1) is 13.2. The van der Waals surface area contributed by atoms with Crippen molar-refractivity contribution in [3.63, 3.8) is 0 Å². The summed E-state index contributed by atoms with van der Waals surface area (Å²) >= 11 is 0. The number of pyridine rings is 1. The molecule has 1 fully saturated rings. The van der Waals surface area contributed by atoms with Crippen LogP contribution in [-0.4, -0.2) is 48.2 Å². The molecule has 0 aromatic carbocycles. The number of aryl methyl sites for hydroxylation is 2. The zero-order chi connectivity index (χ0) is 18.8. The first kappa shape index (κ1) is 17.5. The molecule has 1 aliphatic rings. The number of rotatable bonds is 5. The standard InChI is InChI=1S/C20H24N6O/c1-3-25-11-7-18(23-25)20(27)24-10-6-16(13-24)14-26-15(2)12-22-19(26)17-4-8-21-9-5-17/h4-5,7-9,11-12,16H,3,6,10,13-14H2,1-2H3. The van der Waals surface area contributed by atoms with E-state index < -0.39 is 0 Å². The Morgan fingerprint density at radius 1 is 1.26 bits per heavy atom. The van der Waals surface area contributed by atoms with E-state index in [9.17, 15) is 4.79 Å². The summed E-state index contributed by atoms with van der Waals surface area (Å²) in [4.78, 5) is 23.3. The first-order valence-electron chi connectivity index (χ1n) is 9.41. The van der Waals surface area contributed by atoms with Crippen molar-refractivity contribution in [1.82, 2.24) is 29.2 Å². The van der Waals surface area contributed by atoms with E-state index in [2.05, 4.69) is 26.6 Å². The van der Waals surface area contributed by atoms with Crippen LogP contribution in [0.3, 0.4) is 0 Å². The van der Waals surface area contributed by atoms with Crippen LogP contribution in [-0.2, 0) is 13.1 Å². The van der Waals surface area contributed by atoms with Crippen LogP contribution in [0.25, 0.3) is 11.4 Å². The molecule has 27 heavy (non-hydrogen) atoms. The number of likely N-dealkylation sites (tertiary alicyclic amines) is 1. The maximum absolute atomic E-state index is 12.7. The quantitative estimate of drug-likeness (QED) is 0.698. The average Bonchev–Trinajstić information content (AvgIpc) is 3.43. The maximum Gasteiger partial charge on any atom is 0.274 e. The van der Waals surface area contributed by atoms with Crippen LogP contribution >= 0.6 is 0 Å². The van der Waals surface area contributed by atoms with Crippen LogP contribution in [0.15, 0.2) is 43.0 Å². The molecule has 1 atom stereocenters. The van der Waals surface area contributed by atoms with Gasteiger partial charge in [0.25, 0.3) is 5.91 Å². The number of aromatic nitrogens is 5. The monoisotopic (exact) mass is 364 g/mol. The van der Waals surface area contributed by atoms with Crippen molar-refractivity contribution in [3.05, 3.63) is 54.4 Å². The van der Waals surface area contributed by atoms with E-state index in [1.54, 1.807) is 23.1 Å². The molecule has 7 heteroatoms. The van der Waals surface area contributed by atoms with Gasteiger partial charge in [0, 0.05) is 62.2 Å². The summed E-state index contributed by atoms with van der Waals surface area (Å²) in [6.45, 7) is 7.25. The fourth-order valence-corrected chi connectivity index (χ4v) is 3.66. The summed E-state index contributed by atoms with van der Waals surface area (Å²) < 4.78 is 4.04. The summed E-state index contributed by atoms with van der Waals surface area (Å²) in [6.07, 6.45) is 8.33. The van der Waals surface area contributed by atoms with Gasteiger partial charge in [-0.3, -0.25) is 14.5 Å². The van der Waals surface area contributed by atoms with Gasteiger partial charge in [0.1, 0.15) is 11.5 Å². The lowest BCUT2D eigenvalue weighted by Gasteiger charge is -2.17. The third-order valence-corrected chi connectivity index (χ3v) is 5.19. The summed E-state index contributed by atoms with van der Waals surface area (Å²) in [5.74, 6) is 1.40. The molecule has 4 heterocycles. The van der Waals surface area contributed by atoms with Crippen molar-refractivity contribution in [3.8, 4) is 11.4 Å². The van der Waals surface area contributed by atoms with Gasteiger partial charge in [-0.1, -0.05) is 0 Å². The Morgan fingerprint density at radius 2 is 2.07 bits per heavy atom.